The zero-order chi connectivity index (χ0) is 11.8. The molecule has 0 unspecified atom stereocenters. The minimum atomic E-state index is -0.434. The molecule has 1 heterocycles. The Morgan fingerprint density at radius 1 is 1.50 bits per heavy atom. The predicted octanol–water partition coefficient (Wildman–Crippen LogP) is -0.653. The van der Waals surface area contributed by atoms with Gasteiger partial charge in [0.1, 0.15) is 6.54 Å². The topological polar surface area (TPSA) is 86.1 Å². The summed E-state index contributed by atoms with van der Waals surface area (Å²) in [6, 6.07) is 0. The van der Waals surface area contributed by atoms with Crippen LogP contribution in [0.5, 0.6) is 0 Å². The first-order valence-electron chi connectivity index (χ1n) is 4.98. The van der Waals surface area contributed by atoms with Gasteiger partial charge in [-0.05, 0) is 6.92 Å². The van der Waals surface area contributed by atoms with Crippen molar-refractivity contribution in [1.29, 1.82) is 0 Å². The zero-order valence-electron chi connectivity index (χ0n) is 9.05. The van der Waals surface area contributed by atoms with Gasteiger partial charge in [-0.2, -0.15) is 0 Å². The third kappa shape index (κ3) is 4.54. The average Bonchev–Trinajstić information content (AvgIpc) is 2.77. The minimum absolute atomic E-state index is 0.0932. The standard InChI is InChI=1S/C9H14N4O3/c1-2-16-9(15)7-10-8(14)3-5-13-6-4-11-12-13/h4,6H,2-3,5,7H2,1H3,(H,10,14). The number of carbonyl (C=O) groups excluding carboxylic acids is 2. The van der Waals surface area contributed by atoms with Crippen LogP contribution in [0.1, 0.15) is 13.3 Å². The fraction of sp³-hybridized carbons (Fsp3) is 0.556. The molecule has 1 rings (SSSR count). The van der Waals surface area contributed by atoms with Crippen LogP contribution in [0.2, 0.25) is 0 Å². The number of aryl methyl sites for hydroxylation is 1. The van der Waals surface area contributed by atoms with Gasteiger partial charge in [0, 0.05) is 12.6 Å². The molecule has 0 aromatic carbocycles. The number of hydrogen-bond acceptors (Lipinski definition) is 5. The van der Waals surface area contributed by atoms with Crippen LogP contribution in [0, 0.1) is 0 Å². The summed E-state index contributed by atoms with van der Waals surface area (Å²) in [4.78, 5) is 22.2. The fourth-order valence-corrected chi connectivity index (χ4v) is 1.04. The largest absolute Gasteiger partial charge is 0.465 e. The van der Waals surface area contributed by atoms with E-state index in [0.717, 1.165) is 0 Å². The van der Waals surface area contributed by atoms with E-state index in [1.54, 1.807) is 17.8 Å². The number of hydrogen-bond donors (Lipinski definition) is 1. The van der Waals surface area contributed by atoms with E-state index in [2.05, 4.69) is 20.4 Å². The summed E-state index contributed by atoms with van der Waals surface area (Å²) in [5.74, 6) is -0.653. The van der Waals surface area contributed by atoms with E-state index in [4.69, 9.17) is 0 Å². The molecule has 7 heteroatoms. The molecule has 0 saturated heterocycles. The summed E-state index contributed by atoms with van der Waals surface area (Å²) >= 11 is 0. The Balaban J connectivity index is 2.14. The maximum atomic E-state index is 11.3. The highest BCUT2D eigenvalue weighted by Crippen LogP contribution is 1.87. The van der Waals surface area contributed by atoms with Crippen molar-refractivity contribution in [2.24, 2.45) is 0 Å². The van der Waals surface area contributed by atoms with Gasteiger partial charge in [0.2, 0.25) is 5.91 Å². The van der Waals surface area contributed by atoms with Gasteiger partial charge in [0.15, 0.2) is 0 Å². The first-order valence-corrected chi connectivity index (χ1v) is 4.98. The number of rotatable bonds is 6. The Morgan fingerprint density at radius 2 is 2.31 bits per heavy atom. The highest BCUT2D eigenvalue weighted by atomic mass is 16.5. The van der Waals surface area contributed by atoms with Gasteiger partial charge in [0.05, 0.1) is 19.3 Å². The molecule has 0 spiro atoms. The molecule has 0 aliphatic rings. The number of nitrogens with zero attached hydrogens (tertiary/aromatic N) is 3. The normalized spacial score (nSPS) is 9.81. The smallest absolute Gasteiger partial charge is 0.325 e. The molecule has 0 fully saturated rings. The third-order valence-corrected chi connectivity index (χ3v) is 1.78. The summed E-state index contributed by atoms with van der Waals surface area (Å²) in [6.45, 7) is 2.37. The van der Waals surface area contributed by atoms with Crippen LogP contribution < -0.4 is 5.32 Å². The van der Waals surface area contributed by atoms with Crippen molar-refractivity contribution in [3.05, 3.63) is 12.4 Å². The predicted molar refractivity (Wildman–Crippen MR) is 54.3 cm³/mol. The Hall–Kier alpha value is -1.92. The number of aromatic nitrogens is 3. The van der Waals surface area contributed by atoms with Crippen molar-refractivity contribution >= 4 is 11.9 Å². The molecule has 0 radical (unpaired) electrons. The van der Waals surface area contributed by atoms with Gasteiger partial charge >= 0.3 is 5.97 Å². The maximum Gasteiger partial charge on any atom is 0.325 e. The first kappa shape index (κ1) is 12.2. The monoisotopic (exact) mass is 226 g/mol. The molecular formula is C9H14N4O3. The van der Waals surface area contributed by atoms with Crippen LogP contribution in [0.15, 0.2) is 12.4 Å². The lowest BCUT2D eigenvalue weighted by molar-refractivity contribution is -0.143. The Labute approximate surface area is 92.8 Å². The van der Waals surface area contributed by atoms with Gasteiger partial charge < -0.3 is 10.1 Å². The lowest BCUT2D eigenvalue weighted by Gasteiger charge is -2.04. The van der Waals surface area contributed by atoms with Crippen molar-refractivity contribution in [3.63, 3.8) is 0 Å². The number of ether oxygens (including phenoxy) is 1. The van der Waals surface area contributed by atoms with Crippen molar-refractivity contribution in [3.8, 4) is 0 Å². The number of esters is 1. The first-order chi connectivity index (χ1) is 7.72. The lowest BCUT2D eigenvalue weighted by atomic mass is 10.4. The van der Waals surface area contributed by atoms with Crippen LogP contribution in [0.4, 0.5) is 0 Å². The lowest BCUT2D eigenvalue weighted by Crippen LogP contribution is -2.31. The zero-order valence-corrected chi connectivity index (χ0v) is 9.05. The minimum Gasteiger partial charge on any atom is -0.465 e. The van der Waals surface area contributed by atoms with Gasteiger partial charge in [-0.3, -0.25) is 14.3 Å². The Bertz CT molecular complexity index is 337. The third-order valence-electron chi connectivity index (χ3n) is 1.78. The second kappa shape index (κ2) is 6.54. The summed E-state index contributed by atoms with van der Waals surface area (Å²) in [5, 5.41) is 9.77. The highest BCUT2D eigenvalue weighted by Gasteiger charge is 2.05. The summed E-state index contributed by atoms with van der Waals surface area (Å²) in [7, 11) is 0. The van der Waals surface area contributed by atoms with Crippen LogP contribution in [-0.4, -0.2) is 40.0 Å². The summed E-state index contributed by atoms with van der Waals surface area (Å²) in [6.07, 6.45) is 3.46. The van der Waals surface area contributed by atoms with Gasteiger partial charge in [-0.1, -0.05) is 5.21 Å². The van der Waals surface area contributed by atoms with E-state index < -0.39 is 5.97 Å². The second-order valence-electron chi connectivity index (χ2n) is 3.00. The molecule has 1 N–H and O–H groups in total. The number of amides is 1. The molecule has 0 bridgehead atoms. The van der Waals surface area contributed by atoms with Crippen LogP contribution >= 0.6 is 0 Å². The fourth-order valence-electron chi connectivity index (χ4n) is 1.04. The SMILES string of the molecule is CCOC(=O)CNC(=O)CCn1ccnn1. The van der Waals surface area contributed by atoms with Crippen molar-refractivity contribution in [2.45, 2.75) is 19.9 Å². The van der Waals surface area contributed by atoms with E-state index in [9.17, 15) is 9.59 Å². The van der Waals surface area contributed by atoms with E-state index in [-0.39, 0.29) is 18.9 Å². The molecule has 0 saturated carbocycles. The molecule has 0 atom stereocenters. The quantitative estimate of drug-likeness (QED) is 0.651. The van der Waals surface area contributed by atoms with Gasteiger partial charge in [-0.15, -0.1) is 5.10 Å². The van der Waals surface area contributed by atoms with E-state index in [1.165, 1.54) is 6.20 Å². The Kier molecular flexibility index (Phi) is 4.97. The van der Waals surface area contributed by atoms with Gasteiger partial charge in [0.25, 0.3) is 0 Å². The molecule has 1 amide bonds. The molecule has 0 aliphatic heterocycles. The van der Waals surface area contributed by atoms with Crippen molar-refractivity contribution < 1.29 is 14.3 Å². The van der Waals surface area contributed by atoms with E-state index in [1.807, 2.05) is 0 Å². The van der Waals surface area contributed by atoms with E-state index >= 15 is 0 Å². The molecule has 16 heavy (non-hydrogen) atoms. The molecule has 0 aliphatic carbocycles. The van der Waals surface area contributed by atoms with Gasteiger partial charge in [-0.25, -0.2) is 0 Å². The number of carbonyl (C=O) groups is 2. The second-order valence-corrected chi connectivity index (χ2v) is 3.00. The highest BCUT2D eigenvalue weighted by molar-refractivity contribution is 5.81. The van der Waals surface area contributed by atoms with Crippen LogP contribution in [0.3, 0.4) is 0 Å². The molecule has 88 valence electrons. The molecular weight excluding hydrogens is 212 g/mol. The molecule has 7 nitrogen and oxygen atoms in total. The van der Waals surface area contributed by atoms with Crippen molar-refractivity contribution in [1.82, 2.24) is 20.3 Å². The maximum absolute atomic E-state index is 11.3. The molecule has 1 aromatic heterocycles. The molecule has 1 aromatic rings. The summed E-state index contributed by atoms with van der Waals surface area (Å²) < 4.78 is 6.21. The van der Waals surface area contributed by atoms with Crippen molar-refractivity contribution in [2.75, 3.05) is 13.2 Å². The van der Waals surface area contributed by atoms with E-state index in [0.29, 0.717) is 13.2 Å². The van der Waals surface area contributed by atoms with Crippen LogP contribution in [0.25, 0.3) is 0 Å². The summed E-state index contributed by atoms with van der Waals surface area (Å²) in [5.41, 5.74) is 0. The average molecular weight is 226 g/mol. The van der Waals surface area contributed by atoms with Crippen LogP contribution in [-0.2, 0) is 20.9 Å². The Morgan fingerprint density at radius 3 is 2.94 bits per heavy atom. The number of nitrogens with one attached hydrogen (secondary N) is 1.